The molecule has 1 saturated carbocycles. The molecule has 144 valence electrons. The van der Waals surface area contributed by atoms with Gasteiger partial charge in [0, 0.05) is 4.47 Å². The highest BCUT2D eigenvalue weighted by Gasteiger charge is 2.26. The van der Waals surface area contributed by atoms with Gasteiger partial charge in [0.05, 0.1) is 10.9 Å². The lowest BCUT2D eigenvalue weighted by atomic mass is 9.84. The quantitative estimate of drug-likeness (QED) is 0.730. The molecule has 1 aliphatic carbocycles. The van der Waals surface area contributed by atoms with Crippen molar-refractivity contribution in [2.75, 3.05) is 6.61 Å². The first-order valence-corrected chi connectivity index (χ1v) is 11.8. The van der Waals surface area contributed by atoms with E-state index in [0.717, 1.165) is 15.8 Å². The molecule has 0 amide bonds. The largest absolute Gasteiger partial charge is 0.492 e. The summed E-state index contributed by atoms with van der Waals surface area (Å²) in [5.74, 6) is 1.40. The van der Waals surface area contributed by atoms with Crippen LogP contribution in [0.3, 0.4) is 0 Å². The second-order valence-electron chi connectivity index (χ2n) is 7.49. The van der Waals surface area contributed by atoms with Gasteiger partial charge in [0.2, 0.25) is 10.0 Å². The molecule has 1 aliphatic heterocycles. The number of fused-ring (bicyclic) bond motifs is 1. The molecule has 0 radical (unpaired) electrons. The molecule has 4 rings (SSSR count). The summed E-state index contributed by atoms with van der Waals surface area (Å²) >= 11 is 3.45. The predicted molar refractivity (Wildman–Crippen MR) is 110 cm³/mol. The molecule has 0 aromatic heterocycles. The van der Waals surface area contributed by atoms with E-state index in [1.807, 2.05) is 30.3 Å². The number of benzene rings is 2. The molecule has 2 aromatic carbocycles. The summed E-state index contributed by atoms with van der Waals surface area (Å²) in [5.41, 5.74) is 2.27. The Balaban J connectivity index is 1.45. The minimum absolute atomic E-state index is 0.269. The van der Waals surface area contributed by atoms with Crippen molar-refractivity contribution in [3.05, 3.63) is 58.1 Å². The van der Waals surface area contributed by atoms with Crippen LogP contribution in [0.2, 0.25) is 0 Å². The Bertz CT molecular complexity index is 906. The highest BCUT2D eigenvalue weighted by atomic mass is 79.9. The highest BCUT2D eigenvalue weighted by molar-refractivity contribution is 9.10. The van der Waals surface area contributed by atoms with Crippen LogP contribution in [0.25, 0.3) is 0 Å². The fourth-order valence-corrected chi connectivity index (χ4v) is 5.71. The van der Waals surface area contributed by atoms with E-state index >= 15 is 0 Å². The number of halogens is 1. The first-order chi connectivity index (χ1) is 13.0. The topological polar surface area (TPSA) is 55.4 Å². The normalized spacial score (nSPS) is 20.7. The minimum Gasteiger partial charge on any atom is -0.492 e. The van der Waals surface area contributed by atoms with E-state index in [2.05, 4.69) is 20.7 Å². The monoisotopic (exact) mass is 449 g/mol. The van der Waals surface area contributed by atoms with Crippen LogP contribution in [0.1, 0.15) is 49.1 Å². The molecule has 6 heteroatoms. The van der Waals surface area contributed by atoms with E-state index in [-0.39, 0.29) is 6.04 Å². The predicted octanol–water partition coefficient (Wildman–Crippen LogP) is 4.78. The molecule has 27 heavy (non-hydrogen) atoms. The Morgan fingerprint density at radius 3 is 2.48 bits per heavy atom. The third-order valence-corrected chi connectivity index (χ3v) is 7.55. The maximum Gasteiger partial charge on any atom is 0.240 e. The summed E-state index contributed by atoms with van der Waals surface area (Å²) in [5, 5.41) is 0. The zero-order valence-electron chi connectivity index (χ0n) is 15.2. The van der Waals surface area contributed by atoms with Gasteiger partial charge in [0.15, 0.2) is 0 Å². The Morgan fingerprint density at radius 2 is 1.74 bits per heavy atom. The molecule has 2 aromatic rings. The van der Waals surface area contributed by atoms with E-state index in [0.29, 0.717) is 23.8 Å². The van der Waals surface area contributed by atoms with Crippen LogP contribution in [-0.4, -0.2) is 21.1 Å². The van der Waals surface area contributed by atoms with Crippen molar-refractivity contribution in [3.63, 3.8) is 0 Å². The smallest absolute Gasteiger partial charge is 0.240 e. The van der Waals surface area contributed by atoms with Crippen LogP contribution in [0.4, 0.5) is 0 Å². The van der Waals surface area contributed by atoms with Gasteiger partial charge in [-0.3, -0.25) is 0 Å². The Labute approximate surface area is 169 Å². The zero-order valence-corrected chi connectivity index (χ0v) is 17.6. The molecule has 1 fully saturated rings. The van der Waals surface area contributed by atoms with Crippen molar-refractivity contribution < 1.29 is 13.2 Å². The molecule has 2 aliphatic rings. The SMILES string of the molecule is O=S(=O)(NC1COc2ccc(Br)cc2C1)c1ccc(C2CCCCC2)cc1. The minimum atomic E-state index is -3.56. The van der Waals surface area contributed by atoms with Gasteiger partial charge in [-0.05, 0) is 66.6 Å². The van der Waals surface area contributed by atoms with Crippen LogP contribution >= 0.6 is 15.9 Å². The summed E-state index contributed by atoms with van der Waals surface area (Å²) in [7, 11) is -3.56. The average Bonchev–Trinajstić information content (AvgIpc) is 2.68. The second kappa shape index (κ2) is 7.94. The zero-order chi connectivity index (χ0) is 18.9. The first-order valence-electron chi connectivity index (χ1n) is 9.55. The summed E-state index contributed by atoms with van der Waals surface area (Å²) in [4.78, 5) is 0.321. The Morgan fingerprint density at radius 1 is 1.00 bits per heavy atom. The standard InChI is InChI=1S/C21H24BrNO3S/c22-18-8-11-21-17(12-18)13-19(14-26-21)23-27(24,25)20-9-6-16(7-10-20)15-4-2-1-3-5-15/h6-12,15,19,23H,1-5,13-14H2. The molecule has 0 spiro atoms. The number of ether oxygens (including phenoxy) is 1. The lowest BCUT2D eigenvalue weighted by Gasteiger charge is -2.26. The number of nitrogens with one attached hydrogen (secondary N) is 1. The van der Waals surface area contributed by atoms with Gasteiger partial charge >= 0.3 is 0 Å². The molecular weight excluding hydrogens is 426 g/mol. The van der Waals surface area contributed by atoms with E-state index in [4.69, 9.17) is 4.74 Å². The lowest BCUT2D eigenvalue weighted by Crippen LogP contribution is -2.42. The maximum atomic E-state index is 12.8. The molecule has 0 saturated heterocycles. The van der Waals surface area contributed by atoms with Crippen molar-refractivity contribution in [3.8, 4) is 5.75 Å². The third-order valence-electron chi connectivity index (χ3n) is 5.52. The van der Waals surface area contributed by atoms with Crippen LogP contribution < -0.4 is 9.46 Å². The summed E-state index contributed by atoms with van der Waals surface area (Å²) in [6.45, 7) is 0.341. The number of rotatable bonds is 4. The van der Waals surface area contributed by atoms with E-state index < -0.39 is 10.0 Å². The Kier molecular flexibility index (Phi) is 5.58. The van der Waals surface area contributed by atoms with Crippen molar-refractivity contribution in [1.82, 2.24) is 4.72 Å². The Hall–Kier alpha value is -1.37. The summed E-state index contributed by atoms with van der Waals surface area (Å²) in [6, 6.07) is 13.0. The van der Waals surface area contributed by atoms with Crippen molar-refractivity contribution in [2.24, 2.45) is 0 Å². The van der Waals surface area contributed by atoms with Gasteiger partial charge in [-0.15, -0.1) is 0 Å². The van der Waals surface area contributed by atoms with Crippen molar-refractivity contribution in [1.29, 1.82) is 0 Å². The molecule has 0 bridgehead atoms. The average molecular weight is 450 g/mol. The lowest BCUT2D eigenvalue weighted by molar-refractivity contribution is 0.254. The number of hydrogen-bond donors (Lipinski definition) is 1. The summed E-state index contributed by atoms with van der Waals surface area (Å²) < 4.78 is 35.1. The van der Waals surface area contributed by atoms with Gasteiger partial charge in [0.1, 0.15) is 12.4 Å². The van der Waals surface area contributed by atoms with Crippen LogP contribution in [0, 0.1) is 0 Å². The number of sulfonamides is 1. The van der Waals surface area contributed by atoms with Gasteiger partial charge in [-0.1, -0.05) is 47.3 Å². The number of hydrogen-bond acceptors (Lipinski definition) is 3. The van der Waals surface area contributed by atoms with Crippen LogP contribution in [0.15, 0.2) is 51.8 Å². The summed E-state index contributed by atoms with van der Waals surface area (Å²) in [6.07, 6.45) is 6.89. The van der Waals surface area contributed by atoms with Crippen LogP contribution in [0.5, 0.6) is 5.75 Å². The second-order valence-corrected chi connectivity index (χ2v) is 10.1. The molecule has 4 nitrogen and oxygen atoms in total. The fraction of sp³-hybridized carbons (Fsp3) is 0.429. The molecule has 1 unspecified atom stereocenters. The molecule has 1 N–H and O–H groups in total. The van der Waals surface area contributed by atoms with Gasteiger partial charge < -0.3 is 4.74 Å². The van der Waals surface area contributed by atoms with E-state index in [1.165, 1.54) is 37.7 Å². The highest BCUT2D eigenvalue weighted by Crippen LogP contribution is 2.33. The maximum absolute atomic E-state index is 12.8. The fourth-order valence-electron chi connectivity index (χ4n) is 4.08. The molecular formula is C21H24BrNO3S. The van der Waals surface area contributed by atoms with Gasteiger partial charge in [0.25, 0.3) is 0 Å². The van der Waals surface area contributed by atoms with Gasteiger partial charge in [-0.2, -0.15) is 0 Å². The van der Waals surface area contributed by atoms with E-state index in [1.54, 1.807) is 12.1 Å². The third kappa shape index (κ3) is 4.39. The van der Waals surface area contributed by atoms with E-state index in [9.17, 15) is 8.42 Å². The molecule has 1 atom stereocenters. The van der Waals surface area contributed by atoms with Gasteiger partial charge in [-0.25, -0.2) is 13.1 Å². The van der Waals surface area contributed by atoms with Crippen LogP contribution in [-0.2, 0) is 16.4 Å². The first kappa shape index (κ1) is 19.0. The van der Waals surface area contributed by atoms with Crippen molar-refractivity contribution >= 4 is 26.0 Å². The molecule has 1 heterocycles. The van der Waals surface area contributed by atoms with Crippen molar-refractivity contribution in [2.45, 2.75) is 55.4 Å².